The zero-order valence-electron chi connectivity index (χ0n) is 18.3. The molecule has 5 aromatic rings. The van der Waals surface area contributed by atoms with E-state index in [9.17, 15) is 13.9 Å². The molecule has 0 spiro atoms. The van der Waals surface area contributed by atoms with E-state index in [0.717, 1.165) is 35.3 Å². The molecule has 0 aliphatic carbocycles. The minimum absolute atomic E-state index is 0.281. The molecule has 0 bridgehead atoms. The van der Waals surface area contributed by atoms with Crippen molar-refractivity contribution in [3.8, 4) is 0 Å². The lowest BCUT2D eigenvalue weighted by molar-refractivity contribution is -0.0958. The summed E-state index contributed by atoms with van der Waals surface area (Å²) in [4.78, 5) is 11.7. The maximum Gasteiger partial charge on any atom is 0.146 e. The maximum atomic E-state index is 15.6. The van der Waals surface area contributed by atoms with Crippen LogP contribution in [-0.2, 0) is 24.2 Å². The van der Waals surface area contributed by atoms with Gasteiger partial charge in [0.15, 0.2) is 0 Å². The molecule has 2 unspecified atom stereocenters. The second kappa shape index (κ2) is 8.96. The summed E-state index contributed by atoms with van der Waals surface area (Å²) in [5.41, 5.74) is -5.27. The van der Waals surface area contributed by atoms with Crippen LogP contribution >= 0.6 is 0 Å². The summed E-state index contributed by atoms with van der Waals surface area (Å²) in [6, 6.07) is 5.30. The molecule has 0 amide bonds. The first kappa shape index (κ1) is 23.3. The van der Waals surface area contributed by atoms with Crippen molar-refractivity contribution >= 4 is 0 Å². The van der Waals surface area contributed by atoms with Crippen molar-refractivity contribution in [2.45, 2.75) is 24.2 Å². The van der Waals surface area contributed by atoms with Crippen molar-refractivity contribution in [1.29, 1.82) is 0 Å². The van der Waals surface area contributed by atoms with E-state index in [1.165, 1.54) is 41.0 Å². The highest BCUT2D eigenvalue weighted by molar-refractivity contribution is 5.38. The fraction of sp³-hybridized carbons (Fsp3) is 0.182. The molecular formula is C22H17F4N9O. The number of halogens is 4. The van der Waals surface area contributed by atoms with Gasteiger partial charge in [0, 0.05) is 23.3 Å². The van der Waals surface area contributed by atoms with Crippen LogP contribution in [0, 0.1) is 23.3 Å². The molecule has 3 aromatic heterocycles. The van der Waals surface area contributed by atoms with E-state index in [-0.39, 0.29) is 12.1 Å². The molecule has 10 nitrogen and oxygen atoms in total. The van der Waals surface area contributed by atoms with Gasteiger partial charge in [0.25, 0.3) is 0 Å². The smallest absolute Gasteiger partial charge is 0.146 e. The minimum atomic E-state index is -2.48. The summed E-state index contributed by atoms with van der Waals surface area (Å²) in [6.45, 7) is -0.901. The normalized spacial score (nSPS) is 14.9. The van der Waals surface area contributed by atoms with Gasteiger partial charge < -0.3 is 5.11 Å². The van der Waals surface area contributed by atoms with E-state index in [0.29, 0.717) is 12.1 Å². The van der Waals surface area contributed by atoms with Crippen LogP contribution in [0.2, 0.25) is 0 Å². The Kier molecular flexibility index (Phi) is 5.80. The number of aliphatic hydroxyl groups is 1. The quantitative estimate of drug-likeness (QED) is 0.325. The monoisotopic (exact) mass is 499 g/mol. The fourth-order valence-electron chi connectivity index (χ4n) is 4.42. The first-order valence-electron chi connectivity index (χ1n) is 10.5. The minimum Gasteiger partial charge on any atom is -0.380 e. The molecule has 36 heavy (non-hydrogen) atoms. The Morgan fingerprint density at radius 2 is 1.19 bits per heavy atom. The van der Waals surface area contributed by atoms with E-state index in [2.05, 4.69) is 30.2 Å². The fourth-order valence-corrected chi connectivity index (χ4v) is 4.42. The second-order valence-corrected chi connectivity index (χ2v) is 8.00. The average molecular weight is 499 g/mol. The van der Waals surface area contributed by atoms with Gasteiger partial charge in [-0.25, -0.2) is 41.9 Å². The van der Waals surface area contributed by atoms with E-state index in [4.69, 9.17) is 0 Å². The predicted molar refractivity (Wildman–Crippen MR) is 114 cm³/mol. The summed E-state index contributed by atoms with van der Waals surface area (Å²) >= 11 is 0. The van der Waals surface area contributed by atoms with Gasteiger partial charge in [-0.3, -0.25) is 4.68 Å². The molecular weight excluding hydrogens is 482 g/mol. The highest BCUT2D eigenvalue weighted by Crippen LogP contribution is 2.47. The predicted octanol–water partition coefficient (Wildman–Crippen LogP) is 2.05. The van der Waals surface area contributed by atoms with Crippen LogP contribution in [-0.4, -0.2) is 49.4 Å². The zero-order chi connectivity index (χ0) is 25.3. The number of nitrogens with zero attached hydrogens (tertiary/aromatic N) is 9. The van der Waals surface area contributed by atoms with Crippen LogP contribution in [0.1, 0.15) is 11.1 Å². The van der Waals surface area contributed by atoms with E-state index in [1.54, 1.807) is 0 Å². The highest BCUT2D eigenvalue weighted by Gasteiger charge is 2.58. The lowest BCUT2D eigenvalue weighted by Gasteiger charge is -2.47. The topological polar surface area (TPSA) is 112 Å². The Bertz CT molecular complexity index is 1460. The molecule has 1 N–H and O–H groups in total. The van der Waals surface area contributed by atoms with Crippen LogP contribution in [0.15, 0.2) is 74.4 Å². The molecule has 184 valence electrons. The summed E-state index contributed by atoms with van der Waals surface area (Å²) in [5.74, 6) is -3.96. The Balaban J connectivity index is 1.90. The van der Waals surface area contributed by atoms with Crippen LogP contribution < -0.4 is 0 Å². The van der Waals surface area contributed by atoms with Gasteiger partial charge >= 0.3 is 0 Å². The second-order valence-electron chi connectivity index (χ2n) is 8.00. The standard InChI is InChI=1S/C22H17F4N9O/c23-15-1-3-17(19(25)5-15)21(35-14-29-11-32-35,7-33-12-27-9-30-33)22(36,8-34-13-28-10-31-34)18-4-2-16(24)6-20(18)26/h1-6,9-14,36H,7-8H2. The van der Waals surface area contributed by atoms with Gasteiger partial charge in [-0.15, -0.1) is 0 Å². The number of aromatic nitrogens is 9. The molecule has 0 radical (unpaired) electrons. The van der Waals surface area contributed by atoms with Crippen LogP contribution in [0.3, 0.4) is 0 Å². The lowest BCUT2D eigenvalue weighted by Crippen LogP contribution is -2.59. The van der Waals surface area contributed by atoms with Crippen LogP contribution in [0.4, 0.5) is 17.6 Å². The van der Waals surface area contributed by atoms with Crippen molar-refractivity contribution in [2.75, 3.05) is 0 Å². The van der Waals surface area contributed by atoms with Crippen molar-refractivity contribution in [2.24, 2.45) is 0 Å². The number of benzene rings is 2. The molecule has 0 saturated carbocycles. The zero-order valence-corrected chi connectivity index (χ0v) is 18.3. The van der Waals surface area contributed by atoms with Gasteiger partial charge in [-0.1, -0.05) is 12.1 Å². The molecule has 0 aliphatic heterocycles. The SMILES string of the molecule is OC(Cn1cncn1)(c1ccc(F)cc1F)C(Cn1cncn1)(c1ccc(F)cc1F)n1cncn1. The molecule has 0 saturated heterocycles. The van der Waals surface area contributed by atoms with Gasteiger partial charge in [-0.2, -0.15) is 15.3 Å². The summed E-state index contributed by atoms with van der Waals surface area (Å²) < 4.78 is 62.5. The van der Waals surface area contributed by atoms with E-state index < -0.39 is 46.5 Å². The summed E-state index contributed by atoms with van der Waals surface area (Å²) in [6.07, 6.45) is 7.28. The molecule has 2 aromatic carbocycles. The molecule has 3 heterocycles. The molecule has 0 fully saturated rings. The molecule has 2 atom stereocenters. The van der Waals surface area contributed by atoms with Crippen LogP contribution in [0.25, 0.3) is 0 Å². The third-order valence-electron chi connectivity index (χ3n) is 5.96. The summed E-state index contributed by atoms with van der Waals surface area (Å²) in [5, 5.41) is 24.8. The van der Waals surface area contributed by atoms with Crippen molar-refractivity contribution in [1.82, 2.24) is 44.3 Å². The number of hydrogen-bond donors (Lipinski definition) is 1. The van der Waals surface area contributed by atoms with Crippen molar-refractivity contribution in [3.05, 3.63) is 109 Å². The van der Waals surface area contributed by atoms with Crippen LogP contribution in [0.5, 0.6) is 0 Å². The highest BCUT2D eigenvalue weighted by atomic mass is 19.1. The lowest BCUT2D eigenvalue weighted by atomic mass is 9.69. The Hall–Kier alpha value is -4.46. The first-order valence-corrected chi connectivity index (χ1v) is 10.5. The average Bonchev–Trinajstić information content (AvgIpc) is 3.61. The van der Waals surface area contributed by atoms with Gasteiger partial charge in [0.1, 0.15) is 72.4 Å². The Morgan fingerprint density at radius 3 is 1.69 bits per heavy atom. The van der Waals surface area contributed by atoms with Gasteiger partial charge in [0.05, 0.1) is 13.1 Å². The molecule has 14 heteroatoms. The van der Waals surface area contributed by atoms with Gasteiger partial charge in [-0.05, 0) is 12.1 Å². The molecule has 0 aliphatic rings. The molecule has 5 rings (SSSR count). The van der Waals surface area contributed by atoms with Crippen molar-refractivity contribution in [3.63, 3.8) is 0 Å². The van der Waals surface area contributed by atoms with Crippen molar-refractivity contribution < 1.29 is 22.7 Å². The third-order valence-corrected chi connectivity index (χ3v) is 5.96. The van der Waals surface area contributed by atoms with Gasteiger partial charge in [0.2, 0.25) is 0 Å². The largest absolute Gasteiger partial charge is 0.380 e. The number of rotatable bonds is 8. The third kappa shape index (κ3) is 3.80. The summed E-state index contributed by atoms with van der Waals surface area (Å²) in [7, 11) is 0. The van der Waals surface area contributed by atoms with E-state index in [1.807, 2.05) is 0 Å². The maximum absolute atomic E-state index is 15.6. The Labute approximate surface area is 200 Å². The number of hydrogen-bond acceptors (Lipinski definition) is 7. The first-order chi connectivity index (χ1) is 17.3. The Morgan fingerprint density at radius 1 is 0.667 bits per heavy atom. The van der Waals surface area contributed by atoms with E-state index >= 15 is 8.78 Å².